The molecule has 8 nitrogen and oxygen atoms in total. The Hall–Kier alpha value is -1.87. The van der Waals surface area contributed by atoms with Crippen LogP contribution in [-0.2, 0) is 14.8 Å². The highest BCUT2D eigenvalue weighted by Gasteiger charge is 2.28. The van der Waals surface area contributed by atoms with Crippen molar-refractivity contribution in [3.8, 4) is 0 Å². The Bertz CT molecular complexity index is 723. The summed E-state index contributed by atoms with van der Waals surface area (Å²) >= 11 is 0. The van der Waals surface area contributed by atoms with Crippen LogP contribution in [0.25, 0.3) is 0 Å². The van der Waals surface area contributed by atoms with Crippen LogP contribution in [0.15, 0.2) is 9.31 Å². The molecular formula is C14H21N3O5S. The van der Waals surface area contributed by atoms with E-state index in [2.05, 4.69) is 5.32 Å². The second kappa shape index (κ2) is 6.71. The number of nitrogens with two attached hydrogens (primary N) is 1. The number of furan rings is 1. The number of rotatable bonds is 6. The fourth-order valence-corrected chi connectivity index (χ4v) is 3.73. The first-order chi connectivity index (χ1) is 10.7. The number of nitrogens with zero attached hydrogens (tertiary/aromatic N) is 1. The minimum Gasteiger partial charge on any atom is -0.464 e. The number of aryl methyl sites for hydroxylation is 2. The fraction of sp³-hybridized carbons (Fsp3) is 0.571. The van der Waals surface area contributed by atoms with Gasteiger partial charge in [0.2, 0.25) is 15.9 Å². The minimum absolute atomic E-state index is 0.0535. The average molecular weight is 343 g/mol. The summed E-state index contributed by atoms with van der Waals surface area (Å²) in [6, 6.07) is 0. The van der Waals surface area contributed by atoms with Gasteiger partial charge in [0, 0.05) is 26.1 Å². The Kier molecular flexibility index (Phi) is 5.10. The zero-order valence-corrected chi connectivity index (χ0v) is 14.0. The van der Waals surface area contributed by atoms with Crippen LogP contribution in [-0.4, -0.2) is 44.8 Å². The topological polar surface area (TPSA) is 123 Å². The van der Waals surface area contributed by atoms with E-state index in [9.17, 15) is 18.0 Å². The SMILES string of the molecule is Cc1oc(C)c(S(N)(=O)=O)c1C(=O)NCCCN1CCCC1=O. The van der Waals surface area contributed by atoms with E-state index in [4.69, 9.17) is 9.56 Å². The number of sulfonamides is 1. The number of amides is 2. The summed E-state index contributed by atoms with van der Waals surface area (Å²) in [5, 5.41) is 7.80. The molecular weight excluding hydrogens is 322 g/mol. The summed E-state index contributed by atoms with van der Waals surface area (Å²) < 4.78 is 28.5. The van der Waals surface area contributed by atoms with Crippen molar-refractivity contribution in [1.82, 2.24) is 10.2 Å². The molecule has 1 aromatic rings. The second-order valence-corrected chi connectivity index (χ2v) is 7.06. The summed E-state index contributed by atoms with van der Waals surface area (Å²) in [4.78, 5) is 25.2. The summed E-state index contributed by atoms with van der Waals surface area (Å²) in [5.41, 5.74) is -0.0535. The quantitative estimate of drug-likeness (QED) is 0.719. The van der Waals surface area contributed by atoms with E-state index in [1.54, 1.807) is 4.90 Å². The summed E-state index contributed by atoms with van der Waals surface area (Å²) in [5.74, 6) is -0.109. The van der Waals surface area contributed by atoms with E-state index in [0.29, 0.717) is 25.9 Å². The number of primary sulfonamides is 1. The van der Waals surface area contributed by atoms with E-state index in [-0.39, 0.29) is 27.9 Å². The number of hydrogen-bond acceptors (Lipinski definition) is 5. The molecule has 128 valence electrons. The van der Waals surface area contributed by atoms with Crippen molar-refractivity contribution in [2.45, 2.75) is 38.0 Å². The van der Waals surface area contributed by atoms with Crippen LogP contribution in [0, 0.1) is 13.8 Å². The summed E-state index contributed by atoms with van der Waals surface area (Å²) in [7, 11) is -4.05. The van der Waals surface area contributed by atoms with Crippen molar-refractivity contribution >= 4 is 21.8 Å². The number of likely N-dealkylation sites (tertiary alicyclic amines) is 1. The van der Waals surface area contributed by atoms with Crippen molar-refractivity contribution < 1.29 is 22.4 Å². The van der Waals surface area contributed by atoms with Crippen LogP contribution in [0.4, 0.5) is 0 Å². The van der Waals surface area contributed by atoms with E-state index in [0.717, 1.165) is 13.0 Å². The van der Waals surface area contributed by atoms with Crippen molar-refractivity contribution in [3.05, 3.63) is 17.1 Å². The van der Waals surface area contributed by atoms with Crippen LogP contribution >= 0.6 is 0 Å². The van der Waals surface area contributed by atoms with E-state index < -0.39 is 15.9 Å². The van der Waals surface area contributed by atoms with Gasteiger partial charge in [-0.2, -0.15) is 0 Å². The highest BCUT2D eigenvalue weighted by Crippen LogP contribution is 2.25. The van der Waals surface area contributed by atoms with Crippen molar-refractivity contribution in [1.29, 1.82) is 0 Å². The van der Waals surface area contributed by atoms with E-state index in [1.807, 2.05) is 0 Å². The molecule has 0 aromatic carbocycles. The first-order valence-electron chi connectivity index (χ1n) is 7.40. The lowest BCUT2D eigenvalue weighted by molar-refractivity contribution is -0.127. The largest absolute Gasteiger partial charge is 0.464 e. The molecule has 0 saturated carbocycles. The maximum atomic E-state index is 12.2. The second-order valence-electron chi connectivity index (χ2n) is 5.56. The molecule has 2 amide bonds. The molecule has 0 aliphatic carbocycles. The zero-order chi connectivity index (χ0) is 17.2. The molecule has 0 bridgehead atoms. The third-order valence-corrected chi connectivity index (χ3v) is 4.84. The first kappa shape index (κ1) is 17.5. The molecule has 1 fully saturated rings. The zero-order valence-electron chi connectivity index (χ0n) is 13.2. The molecule has 0 spiro atoms. The standard InChI is InChI=1S/C14H21N3O5S/c1-9-12(13(10(2)22-9)23(15,20)21)14(19)16-6-4-8-17-7-3-5-11(17)18/h3-8H2,1-2H3,(H,16,19)(H2,15,20,21). The highest BCUT2D eigenvalue weighted by atomic mass is 32.2. The fourth-order valence-electron chi connectivity index (χ4n) is 2.77. The Morgan fingerprint density at radius 2 is 2.04 bits per heavy atom. The first-order valence-corrected chi connectivity index (χ1v) is 8.95. The Morgan fingerprint density at radius 1 is 1.35 bits per heavy atom. The molecule has 0 atom stereocenters. The minimum atomic E-state index is -4.05. The number of hydrogen-bond donors (Lipinski definition) is 2. The molecule has 3 N–H and O–H groups in total. The summed E-state index contributed by atoms with van der Waals surface area (Å²) in [6.07, 6.45) is 2.05. The van der Waals surface area contributed by atoms with Gasteiger partial charge in [0.15, 0.2) is 0 Å². The molecule has 23 heavy (non-hydrogen) atoms. The van der Waals surface area contributed by atoms with Gasteiger partial charge in [0.25, 0.3) is 5.91 Å². The smallest absolute Gasteiger partial charge is 0.256 e. The predicted molar refractivity (Wildman–Crippen MR) is 82.3 cm³/mol. The van der Waals surface area contributed by atoms with Crippen molar-refractivity contribution in [2.24, 2.45) is 5.14 Å². The third-order valence-electron chi connectivity index (χ3n) is 3.78. The van der Waals surface area contributed by atoms with Gasteiger partial charge in [-0.05, 0) is 26.7 Å². The average Bonchev–Trinajstić information content (AvgIpc) is 2.97. The molecule has 1 saturated heterocycles. The molecule has 0 unspecified atom stereocenters. The van der Waals surface area contributed by atoms with Crippen LogP contribution in [0.1, 0.15) is 41.1 Å². The van der Waals surface area contributed by atoms with Gasteiger partial charge < -0.3 is 14.6 Å². The lowest BCUT2D eigenvalue weighted by atomic mass is 10.2. The lowest BCUT2D eigenvalue weighted by Crippen LogP contribution is -2.31. The molecule has 1 aromatic heterocycles. The number of carbonyl (C=O) groups is 2. The van der Waals surface area contributed by atoms with E-state index >= 15 is 0 Å². The molecule has 2 heterocycles. The maximum absolute atomic E-state index is 12.2. The van der Waals surface area contributed by atoms with Crippen LogP contribution in [0.5, 0.6) is 0 Å². The molecule has 9 heteroatoms. The molecule has 2 rings (SSSR count). The maximum Gasteiger partial charge on any atom is 0.256 e. The van der Waals surface area contributed by atoms with Gasteiger partial charge in [-0.25, -0.2) is 13.6 Å². The molecule has 0 radical (unpaired) electrons. The van der Waals surface area contributed by atoms with Crippen LogP contribution in [0.2, 0.25) is 0 Å². The summed E-state index contributed by atoms with van der Waals surface area (Å²) in [6.45, 7) is 4.62. The van der Waals surface area contributed by atoms with Crippen LogP contribution < -0.4 is 10.5 Å². The predicted octanol–water partition coefficient (Wildman–Crippen LogP) is 0.286. The number of carbonyl (C=O) groups excluding carboxylic acids is 2. The molecule has 1 aliphatic rings. The van der Waals surface area contributed by atoms with Crippen LogP contribution in [0.3, 0.4) is 0 Å². The van der Waals surface area contributed by atoms with Crippen molar-refractivity contribution in [3.63, 3.8) is 0 Å². The molecule has 1 aliphatic heterocycles. The van der Waals surface area contributed by atoms with Gasteiger partial charge in [-0.1, -0.05) is 0 Å². The Balaban J connectivity index is 1.97. The lowest BCUT2D eigenvalue weighted by Gasteiger charge is -2.15. The van der Waals surface area contributed by atoms with Gasteiger partial charge in [-0.15, -0.1) is 0 Å². The van der Waals surface area contributed by atoms with Gasteiger partial charge in [0.1, 0.15) is 22.0 Å². The monoisotopic (exact) mass is 343 g/mol. The highest BCUT2D eigenvalue weighted by molar-refractivity contribution is 7.89. The normalized spacial score (nSPS) is 15.3. The Morgan fingerprint density at radius 3 is 2.61 bits per heavy atom. The Labute approximate surface area is 135 Å². The van der Waals surface area contributed by atoms with Gasteiger partial charge in [-0.3, -0.25) is 9.59 Å². The van der Waals surface area contributed by atoms with Crippen molar-refractivity contribution in [2.75, 3.05) is 19.6 Å². The van der Waals surface area contributed by atoms with E-state index in [1.165, 1.54) is 13.8 Å². The third kappa shape index (κ3) is 3.91. The van der Waals surface area contributed by atoms with Gasteiger partial charge >= 0.3 is 0 Å². The number of nitrogens with one attached hydrogen (secondary N) is 1. The van der Waals surface area contributed by atoms with Gasteiger partial charge in [0.05, 0.1) is 0 Å².